The van der Waals surface area contributed by atoms with Crippen LogP contribution in [0.25, 0.3) is 0 Å². The standard InChI is InChI=1S/C26H23N3O6/c1-2-16-34-19-14-12-17(13-15-19)27-25(30)22-23(20-10-6-7-11-21(20)29(32)33)28(35-24(22)26(27)31)18-8-4-3-5-9-18/h3-15,22-24H,2,16H2,1H3. The summed E-state index contributed by atoms with van der Waals surface area (Å²) in [6.07, 6.45) is -0.250. The van der Waals surface area contributed by atoms with Crippen molar-refractivity contribution in [2.24, 2.45) is 5.92 Å². The fourth-order valence-corrected chi connectivity index (χ4v) is 4.60. The molecule has 0 aliphatic carbocycles. The molecule has 2 amide bonds. The number of hydroxylamine groups is 1. The Kier molecular flexibility index (Phi) is 5.92. The molecule has 3 unspecified atom stereocenters. The number of anilines is 2. The molecule has 3 aromatic rings. The Morgan fingerprint density at radius 2 is 1.60 bits per heavy atom. The first-order valence-corrected chi connectivity index (χ1v) is 11.4. The Morgan fingerprint density at radius 3 is 2.29 bits per heavy atom. The molecule has 2 aliphatic heterocycles. The van der Waals surface area contributed by atoms with Crippen LogP contribution in [0.2, 0.25) is 0 Å². The number of amides is 2. The maximum absolute atomic E-state index is 13.7. The average molecular weight is 473 g/mol. The predicted molar refractivity (Wildman–Crippen MR) is 128 cm³/mol. The molecule has 9 nitrogen and oxygen atoms in total. The van der Waals surface area contributed by atoms with Crippen molar-refractivity contribution in [3.05, 3.63) is 94.5 Å². The zero-order chi connectivity index (χ0) is 24.5. The molecule has 0 N–H and O–H groups in total. The van der Waals surface area contributed by atoms with Crippen LogP contribution in [-0.2, 0) is 14.4 Å². The van der Waals surface area contributed by atoms with E-state index in [2.05, 4.69) is 0 Å². The molecule has 35 heavy (non-hydrogen) atoms. The minimum absolute atomic E-state index is 0.140. The fraction of sp³-hybridized carbons (Fsp3) is 0.231. The molecule has 0 bridgehead atoms. The van der Waals surface area contributed by atoms with Crippen LogP contribution in [0.4, 0.5) is 17.1 Å². The molecule has 2 saturated heterocycles. The number of nitro groups is 1. The highest BCUT2D eigenvalue weighted by atomic mass is 16.7. The van der Waals surface area contributed by atoms with Gasteiger partial charge < -0.3 is 4.74 Å². The topological polar surface area (TPSA) is 102 Å². The fourth-order valence-electron chi connectivity index (χ4n) is 4.60. The van der Waals surface area contributed by atoms with Crippen molar-refractivity contribution in [3.8, 4) is 5.75 Å². The molecule has 0 spiro atoms. The third kappa shape index (κ3) is 3.89. The van der Waals surface area contributed by atoms with E-state index < -0.39 is 34.8 Å². The minimum atomic E-state index is -1.11. The van der Waals surface area contributed by atoms with Gasteiger partial charge in [-0.1, -0.05) is 37.3 Å². The van der Waals surface area contributed by atoms with Crippen LogP contribution in [0.5, 0.6) is 5.75 Å². The molecule has 3 aromatic carbocycles. The Morgan fingerprint density at radius 1 is 0.914 bits per heavy atom. The largest absolute Gasteiger partial charge is 0.494 e. The van der Waals surface area contributed by atoms with E-state index in [1.807, 2.05) is 13.0 Å². The zero-order valence-corrected chi connectivity index (χ0v) is 18.9. The molecule has 3 atom stereocenters. The van der Waals surface area contributed by atoms with E-state index in [-0.39, 0.29) is 5.69 Å². The number of ether oxygens (including phenoxy) is 1. The molecular weight excluding hydrogens is 450 g/mol. The summed E-state index contributed by atoms with van der Waals surface area (Å²) < 4.78 is 5.59. The first kappa shape index (κ1) is 22.5. The number of hydrogen-bond acceptors (Lipinski definition) is 7. The summed E-state index contributed by atoms with van der Waals surface area (Å²) in [5.74, 6) is -1.30. The van der Waals surface area contributed by atoms with Crippen LogP contribution in [0.3, 0.4) is 0 Å². The molecule has 5 rings (SSSR count). The smallest absolute Gasteiger partial charge is 0.274 e. The molecule has 2 aliphatic rings. The third-order valence-corrected chi connectivity index (χ3v) is 6.15. The number of rotatable bonds is 7. The monoisotopic (exact) mass is 473 g/mol. The van der Waals surface area contributed by atoms with E-state index in [1.54, 1.807) is 66.7 Å². The summed E-state index contributed by atoms with van der Waals surface area (Å²) >= 11 is 0. The van der Waals surface area contributed by atoms with Gasteiger partial charge in [0.15, 0.2) is 6.10 Å². The van der Waals surface area contributed by atoms with Crippen LogP contribution < -0.4 is 14.7 Å². The van der Waals surface area contributed by atoms with Gasteiger partial charge in [0, 0.05) is 6.07 Å². The van der Waals surface area contributed by atoms with Gasteiger partial charge in [0.1, 0.15) is 17.7 Å². The number of hydrogen-bond donors (Lipinski definition) is 0. The minimum Gasteiger partial charge on any atom is -0.494 e. The highest BCUT2D eigenvalue weighted by Gasteiger charge is 2.61. The summed E-state index contributed by atoms with van der Waals surface area (Å²) in [5, 5.41) is 13.3. The first-order valence-electron chi connectivity index (χ1n) is 11.4. The normalized spacial score (nSPS) is 21.3. The molecular formula is C26H23N3O6. The van der Waals surface area contributed by atoms with Gasteiger partial charge in [-0.25, -0.2) is 9.96 Å². The van der Waals surface area contributed by atoms with Crippen LogP contribution in [0.1, 0.15) is 24.9 Å². The van der Waals surface area contributed by atoms with Gasteiger partial charge in [-0.2, -0.15) is 0 Å². The van der Waals surface area contributed by atoms with Gasteiger partial charge >= 0.3 is 0 Å². The van der Waals surface area contributed by atoms with E-state index in [0.717, 1.165) is 11.3 Å². The van der Waals surface area contributed by atoms with E-state index in [9.17, 15) is 19.7 Å². The van der Waals surface area contributed by atoms with Gasteiger partial charge in [0.25, 0.3) is 11.6 Å². The lowest BCUT2D eigenvalue weighted by Crippen LogP contribution is -2.37. The van der Waals surface area contributed by atoms with Gasteiger partial charge in [-0.15, -0.1) is 0 Å². The zero-order valence-electron chi connectivity index (χ0n) is 18.9. The van der Waals surface area contributed by atoms with Crippen LogP contribution in [-0.4, -0.2) is 29.4 Å². The summed E-state index contributed by atoms with van der Waals surface area (Å²) in [6.45, 7) is 2.56. The number of fused-ring (bicyclic) bond motifs is 1. The molecule has 9 heteroatoms. The number of nitrogens with zero attached hydrogens (tertiary/aromatic N) is 3. The van der Waals surface area contributed by atoms with Crippen molar-refractivity contribution in [3.63, 3.8) is 0 Å². The Labute approximate surface area is 201 Å². The average Bonchev–Trinajstić information content (AvgIpc) is 3.39. The second kappa shape index (κ2) is 9.19. The Balaban J connectivity index is 1.55. The SMILES string of the molecule is CCCOc1ccc(N2C(=O)C3ON(c4ccccc4)C(c4ccccc4[N+](=O)[O-])C3C2=O)cc1. The van der Waals surface area contributed by atoms with E-state index in [1.165, 1.54) is 11.1 Å². The van der Waals surface area contributed by atoms with Crippen molar-refractivity contribution in [1.29, 1.82) is 0 Å². The molecule has 2 fully saturated rings. The van der Waals surface area contributed by atoms with Crippen molar-refractivity contribution in [2.75, 3.05) is 16.6 Å². The molecule has 2 heterocycles. The van der Waals surface area contributed by atoms with E-state index >= 15 is 0 Å². The van der Waals surface area contributed by atoms with Crippen molar-refractivity contribution >= 4 is 28.9 Å². The van der Waals surface area contributed by atoms with Crippen molar-refractivity contribution in [2.45, 2.75) is 25.5 Å². The number of imide groups is 1. The van der Waals surface area contributed by atoms with Crippen LogP contribution >= 0.6 is 0 Å². The summed E-state index contributed by atoms with van der Waals surface area (Å²) in [6, 6.07) is 21.0. The van der Waals surface area contributed by atoms with Crippen molar-refractivity contribution < 1.29 is 24.1 Å². The Bertz CT molecular complexity index is 1260. The van der Waals surface area contributed by atoms with Crippen LogP contribution in [0.15, 0.2) is 78.9 Å². The number of carbonyl (C=O) groups is 2. The number of nitro benzene ring substituents is 1. The summed E-state index contributed by atoms with van der Waals surface area (Å²) in [5.41, 5.74) is 1.16. The highest BCUT2D eigenvalue weighted by molar-refractivity contribution is 6.24. The first-order chi connectivity index (χ1) is 17.0. The lowest BCUT2D eigenvalue weighted by atomic mass is 9.89. The van der Waals surface area contributed by atoms with Gasteiger partial charge in [0.05, 0.1) is 28.5 Å². The van der Waals surface area contributed by atoms with Gasteiger partial charge in [-0.3, -0.25) is 24.5 Å². The molecule has 0 radical (unpaired) electrons. The molecule has 0 aromatic heterocycles. The second-order valence-corrected chi connectivity index (χ2v) is 8.33. The summed E-state index contributed by atoms with van der Waals surface area (Å²) in [7, 11) is 0. The van der Waals surface area contributed by atoms with Gasteiger partial charge in [-0.05, 0) is 48.9 Å². The Hall–Kier alpha value is -4.24. The number of carbonyl (C=O) groups excluding carboxylic acids is 2. The van der Waals surface area contributed by atoms with Crippen molar-refractivity contribution in [1.82, 2.24) is 0 Å². The lowest BCUT2D eigenvalue weighted by molar-refractivity contribution is -0.385. The quantitative estimate of drug-likeness (QED) is 0.284. The molecule has 178 valence electrons. The van der Waals surface area contributed by atoms with E-state index in [0.29, 0.717) is 29.3 Å². The number of para-hydroxylation sites is 2. The lowest BCUT2D eigenvalue weighted by Gasteiger charge is -2.28. The molecule has 0 saturated carbocycles. The predicted octanol–water partition coefficient (Wildman–Crippen LogP) is 4.43. The van der Waals surface area contributed by atoms with Crippen LogP contribution in [0, 0.1) is 16.0 Å². The van der Waals surface area contributed by atoms with Gasteiger partial charge in [0.2, 0.25) is 5.91 Å². The maximum atomic E-state index is 13.7. The summed E-state index contributed by atoms with van der Waals surface area (Å²) in [4.78, 5) is 45.6. The third-order valence-electron chi connectivity index (χ3n) is 6.15. The van der Waals surface area contributed by atoms with E-state index in [4.69, 9.17) is 9.57 Å². The second-order valence-electron chi connectivity index (χ2n) is 8.33. The maximum Gasteiger partial charge on any atom is 0.274 e. The highest BCUT2D eigenvalue weighted by Crippen LogP contribution is 2.49. The number of benzene rings is 3.